The van der Waals surface area contributed by atoms with Crippen molar-refractivity contribution in [1.29, 1.82) is 0 Å². The first-order valence-corrected chi connectivity index (χ1v) is 5.71. The molecule has 6 nitrogen and oxygen atoms in total. The van der Waals surface area contributed by atoms with E-state index in [1.807, 2.05) is 13.8 Å². The molecule has 1 aliphatic heterocycles. The van der Waals surface area contributed by atoms with Gasteiger partial charge in [0.1, 0.15) is 5.25 Å². The first-order chi connectivity index (χ1) is 7.52. The van der Waals surface area contributed by atoms with Gasteiger partial charge in [0.05, 0.1) is 6.42 Å². The lowest BCUT2D eigenvalue weighted by Gasteiger charge is -1.97. The second kappa shape index (κ2) is 5.64. The third-order valence-corrected chi connectivity index (χ3v) is 3.03. The molecule has 2 N–H and O–H groups in total. The molecule has 0 aromatic rings. The molecule has 0 radical (unpaired) electrons. The van der Waals surface area contributed by atoms with Gasteiger partial charge >= 0.3 is 5.97 Å². The predicted octanol–water partition coefficient (Wildman–Crippen LogP) is 0.835. The highest BCUT2D eigenvalue weighted by molar-refractivity contribution is 8.15. The van der Waals surface area contributed by atoms with Crippen molar-refractivity contribution < 1.29 is 14.7 Å². The number of carbonyl (C=O) groups excluding carboxylic acids is 1. The number of carboxylic acids is 1. The van der Waals surface area contributed by atoms with Crippen molar-refractivity contribution >= 4 is 34.5 Å². The third kappa shape index (κ3) is 3.65. The summed E-state index contributed by atoms with van der Waals surface area (Å²) in [5.41, 5.74) is 0.851. The van der Waals surface area contributed by atoms with E-state index in [9.17, 15) is 9.59 Å². The highest BCUT2D eigenvalue weighted by Crippen LogP contribution is 2.22. The number of hydrogen-bond donors (Lipinski definition) is 2. The lowest BCUT2D eigenvalue weighted by atomic mass is 10.3. The Labute approximate surface area is 97.2 Å². The molecule has 16 heavy (non-hydrogen) atoms. The molecule has 1 fully saturated rings. The van der Waals surface area contributed by atoms with Crippen LogP contribution in [0.1, 0.15) is 26.7 Å². The van der Waals surface area contributed by atoms with Gasteiger partial charge in [0.2, 0.25) is 5.91 Å². The van der Waals surface area contributed by atoms with Crippen LogP contribution in [-0.2, 0) is 9.59 Å². The van der Waals surface area contributed by atoms with E-state index < -0.39 is 11.2 Å². The highest BCUT2D eigenvalue weighted by Gasteiger charge is 2.32. The van der Waals surface area contributed by atoms with Gasteiger partial charge in [0, 0.05) is 5.71 Å². The summed E-state index contributed by atoms with van der Waals surface area (Å²) < 4.78 is 0. The van der Waals surface area contributed by atoms with Crippen LogP contribution in [0, 0.1) is 0 Å². The van der Waals surface area contributed by atoms with Gasteiger partial charge in [-0.3, -0.25) is 9.59 Å². The molecule has 1 aliphatic rings. The Morgan fingerprint density at radius 2 is 2.31 bits per heavy atom. The number of amidine groups is 1. The molecule has 0 aliphatic carbocycles. The van der Waals surface area contributed by atoms with E-state index in [1.54, 1.807) is 0 Å². The van der Waals surface area contributed by atoms with E-state index >= 15 is 0 Å². The number of nitrogens with zero attached hydrogens (tertiary/aromatic N) is 2. The maximum absolute atomic E-state index is 11.3. The van der Waals surface area contributed by atoms with Crippen molar-refractivity contribution in [2.45, 2.75) is 31.9 Å². The Bertz CT molecular complexity index is 365. The number of carboxylic acid groups (broad SMARTS) is 1. The van der Waals surface area contributed by atoms with E-state index in [4.69, 9.17) is 5.11 Å². The van der Waals surface area contributed by atoms with Gasteiger partial charge in [0.15, 0.2) is 5.17 Å². The predicted molar refractivity (Wildman–Crippen MR) is 62.6 cm³/mol. The summed E-state index contributed by atoms with van der Waals surface area (Å²) in [5.74, 6) is -1.32. The summed E-state index contributed by atoms with van der Waals surface area (Å²) >= 11 is 1.10. The van der Waals surface area contributed by atoms with E-state index in [-0.39, 0.29) is 12.3 Å². The van der Waals surface area contributed by atoms with E-state index in [2.05, 4.69) is 15.5 Å². The molecular formula is C9H13N3O3S. The monoisotopic (exact) mass is 243 g/mol. The Hall–Kier alpha value is -1.37. The summed E-state index contributed by atoms with van der Waals surface area (Å²) in [7, 11) is 0. The van der Waals surface area contributed by atoms with Crippen LogP contribution in [0.25, 0.3) is 0 Å². The van der Waals surface area contributed by atoms with Crippen LogP contribution in [0.5, 0.6) is 0 Å². The number of hydrogen-bond acceptors (Lipinski definition) is 5. The molecule has 1 unspecified atom stereocenters. The van der Waals surface area contributed by atoms with Gasteiger partial charge < -0.3 is 10.4 Å². The fourth-order valence-corrected chi connectivity index (χ4v) is 1.86. The van der Waals surface area contributed by atoms with Crippen LogP contribution in [0.2, 0.25) is 0 Å². The molecule has 7 heteroatoms. The van der Waals surface area contributed by atoms with Gasteiger partial charge in [-0.05, 0) is 13.3 Å². The standard InChI is InChI=1S/C9H13N3O3S/c1-3-5(2)11-12-9-10-8(15)6(16-9)4-7(13)14/h6H,3-4H2,1-2H3,(H,13,14)(H,10,12,15)/b11-5+. The van der Waals surface area contributed by atoms with Gasteiger partial charge in [-0.1, -0.05) is 18.7 Å². The third-order valence-electron chi connectivity index (χ3n) is 1.96. The largest absolute Gasteiger partial charge is 0.481 e. The summed E-state index contributed by atoms with van der Waals surface area (Å²) in [5, 5.41) is 18.6. The lowest BCUT2D eigenvalue weighted by molar-refractivity contribution is -0.138. The first-order valence-electron chi connectivity index (χ1n) is 4.83. The minimum absolute atomic E-state index is 0.202. The van der Waals surface area contributed by atoms with Crippen LogP contribution in [-0.4, -0.2) is 33.1 Å². The maximum Gasteiger partial charge on any atom is 0.305 e. The van der Waals surface area contributed by atoms with E-state index in [0.29, 0.717) is 5.17 Å². The van der Waals surface area contributed by atoms with Crippen LogP contribution < -0.4 is 5.32 Å². The average Bonchev–Trinajstić information content (AvgIpc) is 2.55. The summed E-state index contributed by atoms with van der Waals surface area (Å²) in [6.45, 7) is 3.78. The first kappa shape index (κ1) is 12.7. The smallest absolute Gasteiger partial charge is 0.305 e. The second-order valence-corrected chi connectivity index (χ2v) is 4.48. The number of nitrogens with one attached hydrogen (secondary N) is 1. The zero-order chi connectivity index (χ0) is 12.1. The SMILES string of the molecule is CC/C(C)=N/N=C1\NC(=O)C(CC(=O)O)S1. The number of carbonyl (C=O) groups is 2. The van der Waals surface area contributed by atoms with E-state index in [1.165, 1.54) is 0 Å². The molecular weight excluding hydrogens is 230 g/mol. The Morgan fingerprint density at radius 3 is 2.88 bits per heavy atom. The van der Waals surface area contributed by atoms with Crippen LogP contribution in [0.3, 0.4) is 0 Å². The maximum atomic E-state index is 11.3. The highest BCUT2D eigenvalue weighted by atomic mass is 32.2. The van der Waals surface area contributed by atoms with Gasteiger partial charge in [-0.2, -0.15) is 5.10 Å². The molecule has 1 amide bonds. The molecule has 1 heterocycles. The average molecular weight is 243 g/mol. The number of rotatable bonds is 4. The van der Waals surface area contributed by atoms with Crippen molar-refractivity contribution in [3.63, 3.8) is 0 Å². The van der Waals surface area contributed by atoms with Gasteiger partial charge in [0.25, 0.3) is 0 Å². The summed E-state index contributed by atoms with van der Waals surface area (Å²) in [6, 6.07) is 0. The van der Waals surface area contributed by atoms with Crippen molar-refractivity contribution in [2.75, 3.05) is 0 Å². The van der Waals surface area contributed by atoms with Crippen molar-refractivity contribution in [1.82, 2.24) is 5.32 Å². The minimum Gasteiger partial charge on any atom is -0.481 e. The normalized spacial score (nSPS) is 23.6. The molecule has 0 saturated carbocycles. The quantitative estimate of drug-likeness (QED) is 0.565. The molecule has 0 spiro atoms. The molecule has 0 aromatic heterocycles. The van der Waals surface area contributed by atoms with Crippen LogP contribution in [0.15, 0.2) is 10.2 Å². The topological polar surface area (TPSA) is 91.1 Å². The Balaban J connectivity index is 2.62. The fraction of sp³-hybridized carbons (Fsp3) is 0.556. The number of thioether (sulfide) groups is 1. The van der Waals surface area contributed by atoms with E-state index in [0.717, 1.165) is 23.9 Å². The lowest BCUT2D eigenvalue weighted by Crippen LogP contribution is -2.26. The second-order valence-electron chi connectivity index (χ2n) is 3.29. The van der Waals surface area contributed by atoms with Crippen molar-refractivity contribution in [3.05, 3.63) is 0 Å². The minimum atomic E-state index is -0.998. The van der Waals surface area contributed by atoms with Gasteiger partial charge in [-0.15, -0.1) is 5.10 Å². The molecule has 88 valence electrons. The number of aliphatic carboxylic acids is 1. The molecule has 1 rings (SSSR count). The van der Waals surface area contributed by atoms with Crippen molar-refractivity contribution in [3.8, 4) is 0 Å². The summed E-state index contributed by atoms with van der Waals surface area (Å²) in [4.78, 5) is 21.8. The Morgan fingerprint density at radius 1 is 1.62 bits per heavy atom. The Kier molecular flexibility index (Phi) is 4.48. The molecule has 1 atom stereocenters. The number of amides is 1. The van der Waals surface area contributed by atoms with Crippen LogP contribution >= 0.6 is 11.8 Å². The summed E-state index contributed by atoms with van der Waals surface area (Å²) in [6.07, 6.45) is 0.583. The molecule has 1 saturated heterocycles. The zero-order valence-corrected chi connectivity index (χ0v) is 9.87. The van der Waals surface area contributed by atoms with Crippen molar-refractivity contribution in [2.24, 2.45) is 10.2 Å². The fourth-order valence-electron chi connectivity index (χ4n) is 0.947. The van der Waals surface area contributed by atoms with Crippen LogP contribution in [0.4, 0.5) is 0 Å². The molecule has 0 aromatic carbocycles. The van der Waals surface area contributed by atoms with Gasteiger partial charge in [-0.25, -0.2) is 0 Å². The molecule has 0 bridgehead atoms. The zero-order valence-electron chi connectivity index (χ0n) is 9.06.